The molecule has 26 heavy (non-hydrogen) atoms. The number of methoxy groups -OCH3 is 1. The van der Waals surface area contributed by atoms with Crippen LogP contribution < -0.4 is 10.5 Å². The third kappa shape index (κ3) is 3.59. The Bertz CT molecular complexity index is 1020. The molecule has 6 heteroatoms. The Morgan fingerprint density at radius 2 is 1.85 bits per heavy atom. The van der Waals surface area contributed by atoms with Gasteiger partial charge in [-0.15, -0.1) is 0 Å². The van der Waals surface area contributed by atoms with E-state index < -0.39 is 5.97 Å². The molecule has 0 bridgehead atoms. The molecule has 0 aliphatic heterocycles. The number of esters is 1. The van der Waals surface area contributed by atoms with Crippen molar-refractivity contribution >= 4 is 22.6 Å². The van der Waals surface area contributed by atoms with E-state index in [1.165, 1.54) is 18.2 Å². The fourth-order valence-corrected chi connectivity index (χ4v) is 2.99. The number of aromatic nitrogens is 2. The number of benzene rings is 2. The van der Waals surface area contributed by atoms with Gasteiger partial charge >= 0.3 is 5.97 Å². The highest BCUT2D eigenvalue weighted by molar-refractivity contribution is 5.93. The summed E-state index contributed by atoms with van der Waals surface area (Å²) < 4.78 is 4.73. The molecule has 0 aliphatic carbocycles. The molecule has 134 valence electrons. The standard InChI is InChI=1S/C20H21N3O3/c1-12-7-13(2)9-15(8-12)23(3)11-18-21-17-10-14(20(25)26-4)5-6-16(17)19(24)22-18/h5-10H,11H2,1-4H3,(H,21,22,24). The third-order valence-corrected chi connectivity index (χ3v) is 4.21. The van der Waals surface area contributed by atoms with Crippen molar-refractivity contribution in [1.82, 2.24) is 9.97 Å². The highest BCUT2D eigenvalue weighted by atomic mass is 16.5. The lowest BCUT2D eigenvalue weighted by molar-refractivity contribution is 0.0601. The summed E-state index contributed by atoms with van der Waals surface area (Å²) in [6.45, 7) is 4.54. The Morgan fingerprint density at radius 3 is 2.50 bits per heavy atom. The van der Waals surface area contributed by atoms with E-state index in [9.17, 15) is 9.59 Å². The maximum Gasteiger partial charge on any atom is 0.337 e. The van der Waals surface area contributed by atoms with Gasteiger partial charge in [0, 0.05) is 12.7 Å². The quantitative estimate of drug-likeness (QED) is 0.732. The molecular formula is C20H21N3O3. The van der Waals surface area contributed by atoms with Gasteiger partial charge in [-0.05, 0) is 55.3 Å². The number of carbonyl (C=O) groups is 1. The van der Waals surface area contributed by atoms with Crippen LogP contribution in [-0.2, 0) is 11.3 Å². The van der Waals surface area contributed by atoms with Crippen molar-refractivity contribution in [2.75, 3.05) is 19.1 Å². The first-order chi connectivity index (χ1) is 12.4. The second-order valence-corrected chi connectivity index (χ2v) is 6.44. The average molecular weight is 351 g/mol. The third-order valence-electron chi connectivity index (χ3n) is 4.21. The molecule has 1 N–H and O–H groups in total. The van der Waals surface area contributed by atoms with Gasteiger partial charge in [0.1, 0.15) is 5.82 Å². The highest BCUT2D eigenvalue weighted by Crippen LogP contribution is 2.19. The maximum atomic E-state index is 12.3. The zero-order valence-corrected chi connectivity index (χ0v) is 15.3. The van der Waals surface area contributed by atoms with Crippen molar-refractivity contribution in [2.24, 2.45) is 0 Å². The number of H-pyrrole nitrogens is 1. The van der Waals surface area contributed by atoms with Gasteiger partial charge in [0.15, 0.2) is 0 Å². The Kier molecular flexibility index (Phi) is 4.75. The Labute approximate surface area is 151 Å². The number of anilines is 1. The monoisotopic (exact) mass is 351 g/mol. The number of nitrogens with zero attached hydrogens (tertiary/aromatic N) is 2. The molecule has 0 fully saturated rings. The van der Waals surface area contributed by atoms with Crippen LogP contribution in [0.4, 0.5) is 5.69 Å². The van der Waals surface area contributed by atoms with E-state index in [-0.39, 0.29) is 5.56 Å². The van der Waals surface area contributed by atoms with Crippen LogP contribution in [-0.4, -0.2) is 30.1 Å². The summed E-state index contributed by atoms with van der Waals surface area (Å²) >= 11 is 0. The minimum atomic E-state index is -0.456. The van der Waals surface area contributed by atoms with Crippen molar-refractivity contribution in [3.05, 3.63) is 69.3 Å². The zero-order chi connectivity index (χ0) is 18.8. The number of fused-ring (bicyclic) bond motifs is 1. The molecule has 0 aliphatic rings. The van der Waals surface area contributed by atoms with Gasteiger partial charge in [0.25, 0.3) is 5.56 Å². The molecule has 3 rings (SSSR count). The summed E-state index contributed by atoms with van der Waals surface area (Å²) in [6, 6.07) is 11.0. The zero-order valence-electron chi connectivity index (χ0n) is 15.3. The summed E-state index contributed by atoms with van der Waals surface area (Å²) in [4.78, 5) is 33.4. The van der Waals surface area contributed by atoms with Gasteiger partial charge in [0.05, 0.1) is 30.1 Å². The van der Waals surface area contributed by atoms with Crippen LogP contribution in [0.15, 0.2) is 41.2 Å². The first kappa shape index (κ1) is 17.7. The molecule has 1 heterocycles. The Morgan fingerprint density at radius 1 is 1.15 bits per heavy atom. The van der Waals surface area contributed by atoms with Gasteiger partial charge in [-0.25, -0.2) is 9.78 Å². The van der Waals surface area contributed by atoms with Crippen molar-refractivity contribution in [3.63, 3.8) is 0 Å². The van der Waals surface area contributed by atoms with Crippen LogP contribution in [0.5, 0.6) is 0 Å². The van der Waals surface area contributed by atoms with E-state index in [1.807, 2.05) is 11.9 Å². The van der Waals surface area contributed by atoms with E-state index in [2.05, 4.69) is 42.0 Å². The summed E-state index contributed by atoms with van der Waals surface area (Å²) in [5, 5.41) is 0.440. The number of hydrogen-bond donors (Lipinski definition) is 1. The summed E-state index contributed by atoms with van der Waals surface area (Å²) in [7, 11) is 3.27. The number of rotatable bonds is 4. The molecule has 0 unspecified atom stereocenters. The minimum absolute atomic E-state index is 0.227. The first-order valence-electron chi connectivity index (χ1n) is 8.28. The minimum Gasteiger partial charge on any atom is -0.465 e. The van der Waals surface area contributed by atoms with Gasteiger partial charge in [-0.1, -0.05) is 6.07 Å². The van der Waals surface area contributed by atoms with Crippen LogP contribution >= 0.6 is 0 Å². The second kappa shape index (κ2) is 7.00. The molecule has 0 saturated heterocycles. The van der Waals surface area contributed by atoms with Crippen molar-refractivity contribution in [2.45, 2.75) is 20.4 Å². The second-order valence-electron chi connectivity index (χ2n) is 6.44. The number of hydrogen-bond acceptors (Lipinski definition) is 5. The fraction of sp³-hybridized carbons (Fsp3) is 0.250. The lowest BCUT2D eigenvalue weighted by Gasteiger charge is -2.20. The maximum absolute atomic E-state index is 12.3. The Balaban J connectivity index is 1.96. The molecule has 0 amide bonds. The smallest absolute Gasteiger partial charge is 0.337 e. The topological polar surface area (TPSA) is 75.3 Å². The predicted molar refractivity (Wildman–Crippen MR) is 102 cm³/mol. The molecule has 0 atom stereocenters. The van der Waals surface area contributed by atoms with E-state index in [0.29, 0.717) is 28.8 Å². The number of nitrogens with one attached hydrogen (secondary N) is 1. The first-order valence-corrected chi connectivity index (χ1v) is 8.28. The normalized spacial score (nSPS) is 10.8. The van der Waals surface area contributed by atoms with Crippen molar-refractivity contribution < 1.29 is 9.53 Å². The van der Waals surface area contributed by atoms with Gasteiger partial charge in [-0.3, -0.25) is 4.79 Å². The van der Waals surface area contributed by atoms with E-state index >= 15 is 0 Å². The molecule has 6 nitrogen and oxygen atoms in total. The lowest BCUT2D eigenvalue weighted by Crippen LogP contribution is -2.22. The number of aromatic amines is 1. The SMILES string of the molecule is COC(=O)c1ccc2c(=O)[nH]c(CN(C)c3cc(C)cc(C)c3)nc2c1. The largest absolute Gasteiger partial charge is 0.465 e. The van der Waals surface area contributed by atoms with E-state index in [1.54, 1.807) is 18.2 Å². The molecule has 3 aromatic rings. The molecule has 0 radical (unpaired) electrons. The van der Waals surface area contributed by atoms with Gasteiger partial charge in [-0.2, -0.15) is 0 Å². The Hall–Kier alpha value is -3.15. The molecule has 2 aromatic carbocycles. The lowest BCUT2D eigenvalue weighted by atomic mass is 10.1. The number of ether oxygens (including phenoxy) is 1. The predicted octanol–water partition coefficient (Wildman–Crippen LogP) is 2.96. The summed E-state index contributed by atoms with van der Waals surface area (Å²) in [6.07, 6.45) is 0. The van der Waals surface area contributed by atoms with Crippen molar-refractivity contribution in [1.29, 1.82) is 0 Å². The van der Waals surface area contributed by atoms with Crippen molar-refractivity contribution in [3.8, 4) is 0 Å². The van der Waals surface area contributed by atoms with Crippen LogP contribution in [0, 0.1) is 13.8 Å². The van der Waals surface area contributed by atoms with Gasteiger partial charge in [0.2, 0.25) is 0 Å². The summed E-state index contributed by atoms with van der Waals surface area (Å²) in [5.74, 6) is 0.0778. The van der Waals surface area contributed by atoms with Crippen LogP contribution in [0.3, 0.4) is 0 Å². The van der Waals surface area contributed by atoms with Crippen LogP contribution in [0.25, 0.3) is 10.9 Å². The van der Waals surface area contributed by atoms with Crippen LogP contribution in [0.2, 0.25) is 0 Å². The fourth-order valence-electron chi connectivity index (χ4n) is 2.99. The molecule has 1 aromatic heterocycles. The number of aryl methyl sites for hydroxylation is 2. The van der Waals surface area contributed by atoms with E-state index in [4.69, 9.17) is 4.74 Å². The van der Waals surface area contributed by atoms with Crippen LogP contribution in [0.1, 0.15) is 27.3 Å². The summed E-state index contributed by atoms with van der Waals surface area (Å²) in [5.41, 5.74) is 4.01. The molecule has 0 spiro atoms. The average Bonchev–Trinajstić information content (AvgIpc) is 2.59. The van der Waals surface area contributed by atoms with E-state index in [0.717, 1.165) is 5.69 Å². The molecular weight excluding hydrogens is 330 g/mol. The molecule has 0 saturated carbocycles. The highest BCUT2D eigenvalue weighted by Gasteiger charge is 2.11. The van der Waals surface area contributed by atoms with Gasteiger partial charge < -0.3 is 14.6 Å². The number of carbonyl (C=O) groups excluding carboxylic acids is 1.